The van der Waals surface area contributed by atoms with Crippen molar-refractivity contribution in [2.75, 3.05) is 38.2 Å². The number of rotatable bonds is 15. The van der Waals surface area contributed by atoms with E-state index in [2.05, 4.69) is 5.32 Å². The van der Waals surface area contributed by atoms with E-state index in [1.807, 2.05) is 0 Å². The Bertz CT molecular complexity index is 1190. The Labute approximate surface area is 232 Å². The number of benzene rings is 3. The maximum Gasteiger partial charge on any atom is 0.333 e. The van der Waals surface area contributed by atoms with Gasteiger partial charge in [0.15, 0.2) is 6.10 Å². The molecule has 0 heterocycles. The van der Waals surface area contributed by atoms with Crippen LogP contribution < -0.4 is 14.8 Å². The Hall–Kier alpha value is -3.82. The van der Waals surface area contributed by atoms with Gasteiger partial charge in [-0.1, -0.05) is 35.9 Å². The first-order valence-corrected chi connectivity index (χ1v) is 13.0. The summed E-state index contributed by atoms with van der Waals surface area (Å²) >= 11 is 6.20. The van der Waals surface area contributed by atoms with Crippen molar-refractivity contribution in [2.45, 2.75) is 25.9 Å². The summed E-state index contributed by atoms with van der Waals surface area (Å²) in [5.74, 6) is -0.205. The average molecular weight is 559 g/mol. The summed E-state index contributed by atoms with van der Waals surface area (Å²) in [6, 6.07) is 19.5. The Kier molecular flexibility index (Phi) is 11.9. The fourth-order valence-corrected chi connectivity index (χ4v) is 3.86. The van der Waals surface area contributed by atoms with E-state index in [1.54, 1.807) is 72.5 Å². The summed E-state index contributed by atoms with van der Waals surface area (Å²) < 4.78 is 29.8. The lowest BCUT2D eigenvalue weighted by molar-refractivity contribution is -0.149. The highest BCUT2D eigenvalue weighted by Crippen LogP contribution is 2.21. The van der Waals surface area contributed by atoms with Crippen molar-refractivity contribution >= 4 is 29.3 Å². The molecule has 3 rings (SSSR count). The zero-order chi connectivity index (χ0) is 28.0. The van der Waals surface area contributed by atoms with Crippen LogP contribution in [-0.2, 0) is 16.0 Å². The minimum Gasteiger partial charge on any atom is -0.494 e. The third-order valence-corrected chi connectivity index (χ3v) is 6.00. The van der Waals surface area contributed by atoms with E-state index in [4.69, 9.17) is 25.8 Å². The largest absolute Gasteiger partial charge is 0.494 e. The highest BCUT2D eigenvalue weighted by Gasteiger charge is 2.18. The molecule has 8 nitrogen and oxygen atoms in total. The first kappa shape index (κ1) is 29.7. The molecule has 3 aromatic rings. The van der Waals surface area contributed by atoms with E-state index < -0.39 is 12.1 Å². The summed E-state index contributed by atoms with van der Waals surface area (Å²) in [4.78, 5) is 25.9. The molecule has 2 N–H and O–H groups in total. The van der Waals surface area contributed by atoms with Crippen molar-refractivity contribution in [2.24, 2.45) is 0 Å². The second-order valence-corrected chi connectivity index (χ2v) is 8.94. The van der Waals surface area contributed by atoms with E-state index in [-0.39, 0.29) is 24.9 Å². The molecular weight excluding hydrogens is 527 g/mol. The smallest absolute Gasteiger partial charge is 0.333 e. The van der Waals surface area contributed by atoms with E-state index in [1.165, 1.54) is 12.1 Å². The van der Waals surface area contributed by atoms with Crippen molar-refractivity contribution < 1.29 is 33.3 Å². The van der Waals surface area contributed by atoms with Gasteiger partial charge in [0, 0.05) is 19.6 Å². The van der Waals surface area contributed by atoms with E-state index in [0.29, 0.717) is 54.9 Å². The fraction of sp³-hybridized carbons (Fsp3) is 0.310. The average Bonchev–Trinajstić information content (AvgIpc) is 2.92. The molecule has 39 heavy (non-hydrogen) atoms. The number of hydrogen-bond donors (Lipinski definition) is 2. The van der Waals surface area contributed by atoms with Gasteiger partial charge in [0.25, 0.3) is 0 Å². The highest BCUT2D eigenvalue weighted by molar-refractivity contribution is 6.33. The number of anilines is 1. The maximum atomic E-state index is 13.1. The second-order valence-electron chi connectivity index (χ2n) is 8.53. The van der Waals surface area contributed by atoms with Gasteiger partial charge in [0.2, 0.25) is 0 Å². The van der Waals surface area contributed by atoms with Crippen LogP contribution in [0.3, 0.4) is 0 Å². The van der Waals surface area contributed by atoms with Gasteiger partial charge in [0.05, 0.1) is 23.9 Å². The minimum atomic E-state index is -1.00. The molecule has 0 aliphatic rings. The Morgan fingerprint density at radius 2 is 1.59 bits per heavy atom. The van der Waals surface area contributed by atoms with Crippen LogP contribution in [0.25, 0.3) is 0 Å². The van der Waals surface area contributed by atoms with Crippen LogP contribution in [-0.4, -0.2) is 61.0 Å². The Balaban J connectivity index is 1.54. The summed E-state index contributed by atoms with van der Waals surface area (Å²) in [6.45, 7) is 3.31. The first-order chi connectivity index (χ1) is 18.9. The molecule has 0 bridgehead atoms. The Morgan fingerprint density at radius 3 is 2.23 bits per heavy atom. The van der Waals surface area contributed by atoms with Crippen LogP contribution in [0.5, 0.6) is 11.5 Å². The number of amides is 2. The summed E-state index contributed by atoms with van der Waals surface area (Å²) in [5, 5.41) is 12.5. The molecule has 10 heteroatoms. The predicted octanol–water partition coefficient (Wildman–Crippen LogP) is 5.89. The number of carbonyl (C=O) groups excluding carboxylic acids is 1. The molecule has 2 amide bonds. The third-order valence-electron chi connectivity index (χ3n) is 5.68. The van der Waals surface area contributed by atoms with Crippen LogP contribution in [0, 0.1) is 5.82 Å². The number of nitrogens with one attached hydrogen (secondary N) is 1. The standard InChI is InChI=1S/C29H32ClFN2O6/c1-2-37-27(28(34)35)20-21-8-12-23(13-9-21)39-19-17-33(29(36)32-26-7-4-3-6-25(26)30)16-5-18-38-24-14-10-22(31)11-15-24/h3-4,6-15,27H,2,5,16-20H2,1H3,(H,32,36)(H,34,35). The van der Waals surface area contributed by atoms with Crippen molar-refractivity contribution in [1.29, 1.82) is 0 Å². The van der Waals surface area contributed by atoms with E-state index >= 15 is 0 Å². The third kappa shape index (κ3) is 10.1. The number of urea groups is 1. The lowest BCUT2D eigenvalue weighted by Gasteiger charge is -2.23. The Morgan fingerprint density at radius 1 is 0.949 bits per heavy atom. The summed E-state index contributed by atoms with van der Waals surface area (Å²) in [5.41, 5.74) is 1.31. The van der Waals surface area contributed by atoms with Gasteiger partial charge in [-0.05, 0) is 67.4 Å². The van der Waals surface area contributed by atoms with Crippen molar-refractivity contribution in [3.8, 4) is 11.5 Å². The summed E-state index contributed by atoms with van der Waals surface area (Å²) in [6.07, 6.45) is -0.120. The summed E-state index contributed by atoms with van der Waals surface area (Å²) in [7, 11) is 0. The quantitative estimate of drug-likeness (QED) is 0.226. The zero-order valence-electron chi connectivity index (χ0n) is 21.6. The molecular formula is C29H32ClFN2O6. The number of ether oxygens (including phenoxy) is 3. The number of carboxylic acid groups (broad SMARTS) is 1. The van der Waals surface area contributed by atoms with Crippen molar-refractivity contribution in [3.05, 3.63) is 89.2 Å². The number of aliphatic carboxylic acids is 1. The molecule has 0 fully saturated rings. The van der Waals surface area contributed by atoms with Crippen LogP contribution in [0.1, 0.15) is 18.9 Å². The number of halogens is 2. The molecule has 0 spiro atoms. The maximum absolute atomic E-state index is 13.1. The van der Waals surface area contributed by atoms with Gasteiger partial charge in [-0.25, -0.2) is 14.0 Å². The SMILES string of the molecule is CCOC(Cc1ccc(OCCN(CCCOc2ccc(F)cc2)C(=O)Nc2ccccc2Cl)cc1)C(=O)O. The highest BCUT2D eigenvalue weighted by atomic mass is 35.5. The molecule has 1 unspecified atom stereocenters. The van der Waals surface area contributed by atoms with Crippen LogP contribution >= 0.6 is 11.6 Å². The molecule has 0 aliphatic carbocycles. The van der Waals surface area contributed by atoms with Gasteiger partial charge in [-0.3, -0.25) is 0 Å². The molecule has 0 radical (unpaired) electrons. The van der Waals surface area contributed by atoms with Gasteiger partial charge < -0.3 is 29.5 Å². The molecule has 0 saturated carbocycles. The minimum absolute atomic E-state index is 0.227. The number of carboxylic acids is 1. The number of nitrogens with zero attached hydrogens (tertiary/aromatic N) is 1. The predicted molar refractivity (Wildman–Crippen MR) is 147 cm³/mol. The van der Waals surface area contributed by atoms with Gasteiger partial charge >= 0.3 is 12.0 Å². The van der Waals surface area contributed by atoms with E-state index in [9.17, 15) is 19.1 Å². The van der Waals surface area contributed by atoms with Gasteiger partial charge in [-0.15, -0.1) is 0 Å². The normalized spacial score (nSPS) is 11.5. The lowest BCUT2D eigenvalue weighted by atomic mass is 10.1. The molecule has 0 aromatic heterocycles. The number of hydrogen-bond acceptors (Lipinski definition) is 5. The molecule has 3 aromatic carbocycles. The monoisotopic (exact) mass is 558 g/mol. The lowest BCUT2D eigenvalue weighted by Crippen LogP contribution is -2.39. The second kappa shape index (κ2) is 15.6. The first-order valence-electron chi connectivity index (χ1n) is 12.6. The number of carbonyl (C=O) groups is 2. The zero-order valence-corrected chi connectivity index (χ0v) is 22.4. The topological polar surface area (TPSA) is 97.3 Å². The van der Waals surface area contributed by atoms with Gasteiger partial charge in [-0.2, -0.15) is 0 Å². The molecule has 1 atom stereocenters. The van der Waals surface area contributed by atoms with Crippen LogP contribution in [0.15, 0.2) is 72.8 Å². The van der Waals surface area contributed by atoms with Gasteiger partial charge in [0.1, 0.15) is 23.9 Å². The van der Waals surface area contributed by atoms with E-state index in [0.717, 1.165) is 5.56 Å². The number of para-hydroxylation sites is 1. The van der Waals surface area contributed by atoms with Crippen molar-refractivity contribution in [1.82, 2.24) is 4.90 Å². The fourth-order valence-electron chi connectivity index (χ4n) is 3.68. The van der Waals surface area contributed by atoms with Crippen molar-refractivity contribution in [3.63, 3.8) is 0 Å². The molecule has 0 aliphatic heterocycles. The van der Waals surface area contributed by atoms with Crippen LogP contribution in [0.4, 0.5) is 14.9 Å². The molecule has 208 valence electrons. The molecule has 0 saturated heterocycles. The van der Waals surface area contributed by atoms with Crippen LogP contribution in [0.2, 0.25) is 5.02 Å².